The summed E-state index contributed by atoms with van der Waals surface area (Å²) >= 11 is 0. The van der Waals surface area contributed by atoms with Crippen molar-refractivity contribution in [2.45, 2.75) is 38.8 Å². The third-order valence-electron chi connectivity index (χ3n) is 4.04. The molecular weight excluding hydrogens is 280 g/mol. The molecule has 2 N–H and O–H groups in total. The Morgan fingerprint density at radius 1 is 1.45 bits per heavy atom. The molecule has 1 aliphatic rings. The molecule has 0 amide bonds. The van der Waals surface area contributed by atoms with Crippen LogP contribution < -0.4 is 15.8 Å². The molecule has 1 fully saturated rings. The van der Waals surface area contributed by atoms with Crippen molar-refractivity contribution in [2.75, 3.05) is 18.0 Å². The zero-order valence-corrected chi connectivity index (χ0v) is 12.8. The van der Waals surface area contributed by atoms with E-state index in [1.54, 1.807) is 12.4 Å². The molecule has 0 unspecified atom stereocenters. The van der Waals surface area contributed by atoms with Gasteiger partial charge >= 0.3 is 0 Å². The summed E-state index contributed by atoms with van der Waals surface area (Å²) in [5.74, 6) is 2.49. The van der Waals surface area contributed by atoms with E-state index < -0.39 is 0 Å². The van der Waals surface area contributed by atoms with E-state index in [1.165, 1.54) is 0 Å². The van der Waals surface area contributed by atoms with Gasteiger partial charge in [-0.05, 0) is 25.0 Å². The number of aryl methyl sites for hydroxylation is 1. The van der Waals surface area contributed by atoms with Crippen molar-refractivity contribution >= 4 is 5.82 Å². The number of nitrogens with one attached hydrogen (secondary N) is 2. The molecule has 2 aromatic rings. The summed E-state index contributed by atoms with van der Waals surface area (Å²) in [4.78, 5) is 20.8. The van der Waals surface area contributed by atoms with Crippen LogP contribution >= 0.6 is 0 Å². The van der Waals surface area contributed by atoms with Crippen LogP contribution in [0, 0.1) is 0 Å². The maximum atomic E-state index is 11.8. The lowest BCUT2D eigenvalue weighted by Gasteiger charge is -2.33. The van der Waals surface area contributed by atoms with E-state index in [4.69, 9.17) is 4.42 Å². The fourth-order valence-corrected chi connectivity index (χ4v) is 2.86. The molecule has 6 nitrogen and oxygen atoms in total. The average molecular weight is 302 g/mol. The largest absolute Gasteiger partial charge is 0.465 e. The van der Waals surface area contributed by atoms with E-state index in [0.29, 0.717) is 11.9 Å². The number of hydrogen-bond donors (Lipinski definition) is 2. The van der Waals surface area contributed by atoms with E-state index in [-0.39, 0.29) is 5.56 Å². The van der Waals surface area contributed by atoms with Crippen molar-refractivity contribution < 1.29 is 4.42 Å². The SMILES string of the molecule is CCc1ccc(CN[C@H]2CCCN(c3ncc[nH]c3=O)C2)o1. The quantitative estimate of drug-likeness (QED) is 0.879. The van der Waals surface area contributed by atoms with Crippen molar-refractivity contribution in [3.05, 3.63) is 46.4 Å². The van der Waals surface area contributed by atoms with Crippen molar-refractivity contribution in [1.82, 2.24) is 15.3 Å². The lowest BCUT2D eigenvalue weighted by Crippen LogP contribution is -2.47. The van der Waals surface area contributed by atoms with Crippen LogP contribution in [0.15, 0.2) is 33.7 Å². The zero-order valence-electron chi connectivity index (χ0n) is 12.8. The van der Waals surface area contributed by atoms with E-state index in [1.807, 2.05) is 12.1 Å². The van der Waals surface area contributed by atoms with Crippen LogP contribution in [0.2, 0.25) is 0 Å². The van der Waals surface area contributed by atoms with E-state index >= 15 is 0 Å². The summed E-state index contributed by atoms with van der Waals surface area (Å²) in [6, 6.07) is 4.39. The first-order chi connectivity index (χ1) is 10.8. The van der Waals surface area contributed by atoms with Crippen LogP contribution in [0.3, 0.4) is 0 Å². The number of furan rings is 1. The first kappa shape index (κ1) is 14.8. The predicted octanol–water partition coefficient (Wildman–Crippen LogP) is 1.68. The Balaban J connectivity index is 1.59. The van der Waals surface area contributed by atoms with Gasteiger partial charge in [-0.2, -0.15) is 0 Å². The number of nitrogens with zero attached hydrogens (tertiary/aromatic N) is 2. The van der Waals surface area contributed by atoms with Crippen molar-refractivity contribution in [2.24, 2.45) is 0 Å². The molecule has 6 heteroatoms. The van der Waals surface area contributed by atoms with Crippen LogP contribution in [0.5, 0.6) is 0 Å². The van der Waals surface area contributed by atoms with Gasteiger partial charge in [0.1, 0.15) is 11.5 Å². The summed E-state index contributed by atoms with van der Waals surface area (Å²) in [6.07, 6.45) is 6.25. The van der Waals surface area contributed by atoms with Gasteiger partial charge in [-0.3, -0.25) is 4.79 Å². The van der Waals surface area contributed by atoms with E-state index in [9.17, 15) is 4.79 Å². The topological polar surface area (TPSA) is 74.2 Å². The second-order valence-corrected chi connectivity index (χ2v) is 5.63. The lowest BCUT2D eigenvalue weighted by molar-refractivity contribution is 0.386. The normalized spacial score (nSPS) is 18.6. The first-order valence-corrected chi connectivity index (χ1v) is 7.86. The highest BCUT2D eigenvalue weighted by atomic mass is 16.3. The number of rotatable bonds is 5. The number of aromatic nitrogens is 2. The molecule has 0 spiro atoms. The highest BCUT2D eigenvalue weighted by molar-refractivity contribution is 5.36. The minimum Gasteiger partial charge on any atom is -0.465 e. The maximum Gasteiger partial charge on any atom is 0.290 e. The van der Waals surface area contributed by atoms with Gasteiger partial charge in [0, 0.05) is 37.9 Å². The van der Waals surface area contributed by atoms with Gasteiger partial charge in [-0.25, -0.2) is 4.98 Å². The standard InChI is InChI=1S/C16H22N4O2/c1-2-13-5-6-14(22-13)10-19-12-4-3-9-20(11-12)15-16(21)18-8-7-17-15/h5-8,12,19H,2-4,9-11H2,1H3,(H,18,21)/t12-/m0/s1. The molecule has 2 aromatic heterocycles. The molecule has 22 heavy (non-hydrogen) atoms. The second kappa shape index (κ2) is 6.79. The molecule has 3 heterocycles. The number of piperidine rings is 1. The monoisotopic (exact) mass is 302 g/mol. The molecule has 1 saturated heterocycles. The smallest absolute Gasteiger partial charge is 0.290 e. The number of anilines is 1. The Morgan fingerprint density at radius 2 is 2.32 bits per heavy atom. The Labute approximate surface area is 129 Å². The highest BCUT2D eigenvalue weighted by Gasteiger charge is 2.22. The molecule has 1 aliphatic heterocycles. The number of H-pyrrole nitrogens is 1. The summed E-state index contributed by atoms with van der Waals surface area (Å²) in [6.45, 7) is 4.47. The number of hydrogen-bond acceptors (Lipinski definition) is 5. The Kier molecular flexibility index (Phi) is 4.58. The van der Waals surface area contributed by atoms with Crippen LogP contribution in [-0.2, 0) is 13.0 Å². The molecule has 1 atom stereocenters. The molecule has 3 rings (SSSR count). The number of aromatic amines is 1. The van der Waals surface area contributed by atoms with Crippen LogP contribution in [0.4, 0.5) is 5.82 Å². The Bertz CT molecular complexity index is 664. The third kappa shape index (κ3) is 3.39. The molecule has 0 radical (unpaired) electrons. The molecule has 118 valence electrons. The van der Waals surface area contributed by atoms with Gasteiger partial charge in [0.25, 0.3) is 5.56 Å². The van der Waals surface area contributed by atoms with E-state index in [0.717, 1.165) is 50.4 Å². The van der Waals surface area contributed by atoms with E-state index in [2.05, 4.69) is 27.1 Å². The van der Waals surface area contributed by atoms with Crippen LogP contribution in [0.25, 0.3) is 0 Å². The highest BCUT2D eigenvalue weighted by Crippen LogP contribution is 2.15. The fourth-order valence-electron chi connectivity index (χ4n) is 2.86. The van der Waals surface area contributed by atoms with Gasteiger partial charge in [-0.15, -0.1) is 0 Å². The summed E-state index contributed by atoms with van der Waals surface area (Å²) in [7, 11) is 0. The minimum atomic E-state index is -0.123. The Hall–Kier alpha value is -2.08. The van der Waals surface area contributed by atoms with Gasteiger partial charge in [0.15, 0.2) is 5.82 Å². The van der Waals surface area contributed by atoms with Crippen LogP contribution in [0.1, 0.15) is 31.3 Å². The summed E-state index contributed by atoms with van der Waals surface area (Å²) in [5, 5.41) is 3.52. The first-order valence-electron chi connectivity index (χ1n) is 7.86. The van der Waals surface area contributed by atoms with Gasteiger partial charge in [-0.1, -0.05) is 6.92 Å². The Morgan fingerprint density at radius 3 is 3.09 bits per heavy atom. The fraction of sp³-hybridized carbons (Fsp3) is 0.500. The summed E-state index contributed by atoms with van der Waals surface area (Å²) in [5.41, 5.74) is -0.123. The van der Waals surface area contributed by atoms with Gasteiger partial charge in [0.2, 0.25) is 0 Å². The zero-order chi connectivity index (χ0) is 15.4. The third-order valence-corrected chi connectivity index (χ3v) is 4.04. The minimum absolute atomic E-state index is 0.123. The summed E-state index contributed by atoms with van der Waals surface area (Å²) < 4.78 is 5.71. The van der Waals surface area contributed by atoms with Crippen molar-refractivity contribution in [1.29, 1.82) is 0 Å². The predicted molar refractivity (Wildman–Crippen MR) is 85.0 cm³/mol. The van der Waals surface area contributed by atoms with Crippen molar-refractivity contribution in [3.63, 3.8) is 0 Å². The van der Waals surface area contributed by atoms with Gasteiger partial charge < -0.3 is 19.6 Å². The molecule has 0 bridgehead atoms. The maximum absolute atomic E-state index is 11.8. The van der Waals surface area contributed by atoms with Crippen LogP contribution in [-0.4, -0.2) is 29.1 Å². The molecular formula is C16H22N4O2. The molecule has 0 aromatic carbocycles. The second-order valence-electron chi connectivity index (χ2n) is 5.63. The molecule has 0 aliphatic carbocycles. The lowest BCUT2D eigenvalue weighted by atomic mass is 10.1. The van der Waals surface area contributed by atoms with Crippen molar-refractivity contribution in [3.8, 4) is 0 Å². The molecule has 0 saturated carbocycles. The average Bonchev–Trinajstić information content (AvgIpc) is 3.02. The van der Waals surface area contributed by atoms with Gasteiger partial charge in [0.05, 0.1) is 6.54 Å².